The van der Waals surface area contributed by atoms with Gasteiger partial charge in [0.15, 0.2) is 5.96 Å². The van der Waals surface area contributed by atoms with Gasteiger partial charge in [-0.05, 0) is 37.4 Å². The third-order valence-corrected chi connectivity index (χ3v) is 6.17. The Balaban J connectivity index is 1.89. The second-order valence-corrected chi connectivity index (χ2v) is 8.03. The molecular formula is C16H31N3OS. The lowest BCUT2D eigenvalue weighted by Gasteiger charge is -2.39. The standard InChI is InChI=1S/C16H31N3OS/c1-4-21-16(7-11-20-12-8-16)13-18-15(17-3)19-9-5-14(2)6-10-19/h14H,4-13H2,1-3H3,(H,17,18). The molecule has 1 N–H and O–H groups in total. The summed E-state index contributed by atoms with van der Waals surface area (Å²) < 4.78 is 5.88. The number of nitrogens with one attached hydrogen (secondary N) is 1. The molecule has 0 spiro atoms. The van der Waals surface area contributed by atoms with E-state index in [-0.39, 0.29) is 0 Å². The number of nitrogens with zero attached hydrogens (tertiary/aromatic N) is 2. The normalized spacial score (nSPS) is 24.1. The molecule has 122 valence electrons. The van der Waals surface area contributed by atoms with Crippen LogP contribution in [-0.4, -0.2) is 61.3 Å². The molecule has 0 aromatic carbocycles. The molecule has 0 atom stereocenters. The summed E-state index contributed by atoms with van der Waals surface area (Å²) in [6.07, 6.45) is 4.85. The Hall–Kier alpha value is -0.420. The van der Waals surface area contributed by atoms with Crippen LogP contribution in [0.5, 0.6) is 0 Å². The van der Waals surface area contributed by atoms with Crippen molar-refractivity contribution in [2.24, 2.45) is 10.9 Å². The first-order valence-corrected chi connectivity index (χ1v) is 9.35. The molecular weight excluding hydrogens is 282 g/mol. The van der Waals surface area contributed by atoms with Gasteiger partial charge in [-0.1, -0.05) is 13.8 Å². The van der Waals surface area contributed by atoms with Gasteiger partial charge in [-0.25, -0.2) is 0 Å². The quantitative estimate of drug-likeness (QED) is 0.639. The molecule has 4 nitrogen and oxygen atoms in total. The molecule has 0 aromatic heterocycles. The summed E-state index contributed by atoms with van der Waals surface area (Å²) in [6.45, 7) is 9.68. The molecule has 2 aliphatic heterocycles. The second-order valence-electron chi connectivity index (χ2n) is 6.30. The van der Waals surface area contributed by atoms with Crippen molar-refractivity contribution in [2.45, 2.75) is 44.3 Å². The number of guanidine groups is 1. The molecule has 0 aliphatic carbocycles. The lowest BCUT2D eigenvalue weighted by atomic mass is 9.98. The average Bonchev–Trinajstić information content (AvgIpc) is 2.51. The van der Waals surface area contributed by atoms with Crippen LogP contribution in [0.3, 0.4) is 0 Å². The highest BCUT2D eigenvalue weighted by Gasteiger charge is 2.33. The maximum atomic E-state index is 5.55. The Morgan fingerprint density at radius 2 is 2.00 bits per heavy atom. The third-order valence-electron chi connectivity index (χ3n) is 4.72. The van der Waals surface area contributed by atoms with Crippen molar-refractivity contribution in [1.82, 2.24) is 10.2 Å². The van der Waals surface area contributed by atoms with Crippen LogP contribution in [0.4, 0.5) is 0 Å². The number of ether oxygens (including phenoxy) is 1. The molecule has 5 heteroatoms. The van der Waals surface area contributed by atoms with E-state index < -0.39 is 0 Å². The fourth-order valence-corrected chi connectivity index (χ4v) is 4.46. The summed E-state index contributed by atoms with van der Waals surface area (Å²) in [5, 5.41) is 3.65. The molecule has 2 aliphatic rings. The van der Waals surface area contributed by atoms with E-state index in [0.717, 1.165) is 57.6 Å². The van der Waals surface area contributed by atoms with E-state index in [2.05, 4.69) is 40.8 Å². The Labute approximate surface area is 134 Å². The lowest BCUT2D eigenvalue weighted by Crippen LogP contribution is -2.51. The van der Waals surface area contributed by atoms with Crippen LogP contribution in [0.15, 0.2) is 4.99 Å². The highest BCUT2D eigenvalue weighted by atomic mass is 32.2. The van der Waals surface area contributed by atoms with Crippen LogP contribution in [0.2, 0.25) is 0 Å². The van der Waals surface area contributed by atoms with Gasteiger partial charge in [0.05, 0.1) is 0 Å². The van der Waals surface area contributed by atoms with Gasteiger partial charge in [-0.15, -0.1) is 0 Å². The van der Waals surface area contributed by atoms with E-state index in [0.29, 0.717) is 4.75 Å². The lowest BCUT2D eigenvalue weighted by molar-refractivity contribution is 0.0780. The number of piperidine rings is 1. The molecule has 2 rings (SSSR count). The first-order valence-electron chi connectivity index (χ1n) is 8.36. The summed E-state index contributed by atoms with van der Waals surface area (Å²) in [5.74, 6) is 3.11. The summed E-state index contributed by atoms with van der Waals surface area (Å²) in [6, 6.07) is 0. The van der Waals surface area contributed by atoms with Gasteiger partial charge in [0.1, 0.15) is 0 Å². The van der Waals surface area contributed by atoms with Gasteiger partial charge < -0.3 is 15.0 Å². The van der Waals surface area contributed by atoms with Crippen LogP contribution >= 0.6 is 11.8 Å². The third kappa shape index (κ3) is 4.78. The molecule has 0 aromatic rings. The van der Waals surface area contributed by atoms with Gasteiger partial charge >= 0.3 is 0 Å². The molecule has 0 saturated carbocycles. The van der Waals surface area contributed by atoms with E-state index in [1.807, 2.05) is 7.05 Å². The number of rotatable bonds is 4. The highest BCUT2D eigenvalue weighted by Crippen LogP contribution is 2.34. The minimum absolute atomic E-state index is 0.325. The number of thioether (sulfide) groups is 1. The fraction of sp³-hybridized carbons (Fsp3) is 0.938. The van der Waals surface area contributed by atoms with Gasteiger partial charge in [-0.3, -0.25) is 4.99 Å². The number of likely N-dealkylation sites (tertiary alicyclic amines) is 1. The Bertz CT molecular complexity index is 329. The van der Waals surface area contributed by atoms with Crippen LogP contribution < -0.4 is 5.32 Å². The van der Waals surface area contributed by atoms with Gasteiger partial charge in [0.25, 0.3) is 0 Å². The maximum Gasteiger partial charge on any atom is 0.193 e. The molecule has 21 heavy (non-hydrogen) atoms. The van der Waals surface area contributed by atoms with Gasteiger partial charge in [0, 0.05) is 44.6 Å². The minimum Gasteiger partial charge on any atom is -0.381 e. The van der Waals surface area contributed by atoms with Crippen LogP contribution in [0, 0.1) is 5.92 Å². The first-order chi connectivity index (χ1) is 10.2. The smallest absolute Gasteiger partial charge is 0.193 e. The summed E-state index contributed by atoms with van der Waals surface area (Å²) >= 11 is 2.08. The molecule has 2 saturated heterocycles. The molecule has 0 unspecified atom stereocenters. The summed E-state index contributed by atoms with van der Waals surface area (Å²) in [7, 11) is 1.91. The summed E-state index contributed by atoms with van der Waals surface area (Å²) in [4.78, 5) is 6.92. The molecule has 2 fully saturated rings. The van der Waals surface area contributed by atoms with Crippen molar-refractivity contribution < 1.29 is 4.74 Å². The summed E-state index contributed by atoms with van der Waals surface area (Å²) in [5.41, 5.74) is 0. The Morgan fingerprint density at radius 3 is 2.57 bits per heavy atom. The fourth-order valence-electron chi connectivity index (χ4n) is 3.21. The Kier molecular flexibility index (Phi) is 6.68. The van der Waals surface area contributed by atoms with Crippen LogP contribution in [0.1, 0.15) is 39.5 Å². The van der Waals surface area contributed by atoms with Crippen LogP contribution in [-0.2, 0) is 4.74 Å². The van der Waals surface area contributed by atoms with Crippen LogP contribution in [0.25, 0.3) is 0 Å². The second kappa shape index (κ2) is 8.28. The zero-order valence-corrected chi connectivity index (χ0v) is 14.7. The molecule has 0 bridgehead atoms. The van der Waals surface area contributed by atoms with Crippen molar-refractivity contribution in [2.75, 3.05) is 45.6 Å². The highest BCUT2D eigenvalue weighted by molar-refractivity contribution is 8.00. The van der Waals surface area contributed by atoms with E-state index in [9.17, 15) is 0 Å². The average molecular weight is 314 g/mol. The molecule has 0 radical (unpaired) electrons. The van der Waals surface area contributed by atoms with E-state index in [1.165, 1.54) is 18.6 Å². The zero-order valence-electron chi connectivity index (χ0n) is 13.9. The monoisotopic (exact) mass is 313 g/mol. The van der Waals surface area contributed by atoms with Gasteiger partial charge in [-0.2, -0.15) is 11.8 Å². The van der Waals surface area contributed by atoms with Crippen molar-refractivity contribution in [1.29, 1.82) is 0 Å². The van der Waals surface area contributed by atoms with E-state index >= 15 is 0 Å². The van der Waals surface area contributed by atoms with Gasteiger partial charge in [0.2, 0.25) is 0 Å². The predicted octanol–water partition coefficient (Wildman–Crippen LogP) is 2.60. The van der Waals surface area contributed by atoms with E-state index in [1.54, 1.807) is 0 Å². The van der Waals surface area contributed by atoms with Crippen molar-refractivity contribution in [3.63, 3.8) is 0 Å². The molecule has 0 amide bonds. The first kappa shape index (κ1) is 16.9. The van der Waals surface area contributed by atoms with Crippen molar-refractivity contribution >= 4 is 17.7 Å². The zero-order chi connectivity index (χ0) is 15.1. The SMILES string of the molecule is CCSC1(CNC(=NC)N2CCC(C)CC2)CCOCC1. The van der Waals surface area contributed by atoms with Crippen molar-refractivity contribution in [3.05, 3.63) is 0 Å². The maximum absolute atomic E-state index is 5.55. The number of hydrogen-bond donors (Lipinski definition) is 1. The Morgan fingerprint density at radius 1 is 1.33 bits per heavy atom. The molecule has 2 heterocycles. The topological polar surface area (TPSA) is 36.9 Å². The van der Waals surface area contributed by atoms with Crippen molar-refractivity contribution in [3.8, 4) is 0 Å². The van der Waals surface area contributed by atoms with E-state index in [4.69, 9.17) is 4.74 Å². The number of hydrogen-bond acceptors (Lipinski definition) is 3. The number of aliphatic imine (C=N–C) groups is 1. The predicted molar refractivity (Wildman–Crippen MR) is 92.2 cm³/mol. The minimum atomic E-state index is 0.325. The largest absolute Gasteiger partial charge is 0.381 e.